The molecule has 1 aromatic rings. The molecule has 2 unspecified atom stereocenters. The van der Waals surface area contributed by atoms with Crippen molar-refractivity contribution in [3.05, 3.63) is 22.4 Å². The zero-order valence-electron chi connectivity index (χ0n) is 11.8. The van der Waals surface area contributed by atoms with E-state index in [0.717, 1.165) is 4.88 Å². The third kappa shape index (κ3) is 4.82. The van der Waals surface area contributed by atoms with Crippen molar-refractivity contribution in [2.24, 2.45) is 0 Å². The molecule has 6 nitrogen and oxygen atoms in total. The van der Waals surface area contributed by atoms with Gasteiger partial charge < -0.3 is 20.1 Å². The van der Waals surface area contributed by atoms with E-state index in [-0.39, 0.29) is 25.0 Å². The predicted molar refractivity (Wildman–Crippen MR) is 76.9 cm³/mol. The number of ether oxygens (including phenoxy) is 1. The lowest BCUT2D eigenvalue weighted by molar-refractivity contribution is -0.139. The van der Waals surface area contributed by atoms with Crippen LogP contribution in [0.15, 0.2) is 17.5 Å². The van der Waals surface area contributed by atoms with Crippen LogP contribution in [0.4, 0.5) is 4.79 Å². The Kier molecular flexibility index (Phi) is 6.47. The second-order valence-electron chi connectivity index (χ2n) is 4.44. The molecule has 1 aromatic heterocycles. The first-order valence-corrected chi connectivity index (χ1v) is 7.12. The van der Waals surface area contributed by atoms with Crippen molar-refractivity contribution in [1.29, 1.82) is 0 Å². The molecule has 1 rings (SSSR count). The zero-order valence-corrected chi connectivity index (χ0v) is 12.6. The van der Waals surface area contributed by atoms with E-state index in [1.165, 1.54) is 7.11 Å². The number of carbonyl (C=O) groups is 2. The number of nitrogens with one attached hydrogen (secondary N) is 1. The highest BCUT2D eigenvalue weighted by molar-refractivity contribution is 7.10. The number of methoxy groups -OCH3 is 1. The highest BCUT2D eigenvalue weighted by Crippen LogP contribution is 2.23. The molecule has 0 radical (unpaired) electrons. The van der Waals surface area contributed by atoms with Gasteiger partial charge in [0.15, 0.2) is 0 Å². The van der Waals surface area contributed by atoms with Gasteiger partial charge in [-0.05, 0) is 18.4 Å². The molecule has 0 bridgehead atoms. The number of amides is 2. The van der Waals surface area contributed by atoms with Crippen molar-refractivity contribution in [3.8, 4) is 0 Å². The molecule has 0 saturated heterocycles. The van der Waals surface area contributed by atoms with Crippen molar-refractivity contribution in [3.63, 3.8) is 0 Å². The van der Waals surface area contributed by atoms with Crippen LogP contribution in [0, 0.1) is 0 Å². The van der Waals surface area contributed by atoms with Gasteiger partial charge in [-0.1, -0.05) is 6.07 Å². The number of thiophene rings is 1. The molecule has 0 aromatic carbocycles. The summed E-state index contributed by atoms with van der Waals surface area (Å²) in [5.74, 6) is -0.952. The molecule has 0 saturated carbocycles. The Morgan fingerprint density at radius 1 is 1.55 bits per heavy atom. The van der Waals surface area contributed by atoms with E-state index in [1.807, 2.05) is 24.4 Å². The van der Waals surface area contributed by atoms with Crippen LogP contribution in [0.5, 0.6) is 0 Å². The van der Waals surface area contributed by atoms with Gasteiger partial charge in [0.1, 0.15) is 0 Å². The normalized spacial score (nSPS) is 13.6. The molecule has 0 aliphatic rings. The number of carbonyl (C=O) groups excluding carboxylic acids is 1. The number of rotatable bonds is 7. The summed E-state index contributed by atoms with van der Waals surface area (Å²) in [7, 11) is 3.14. The van der Waals surface area contributed by atoms with Crippen LogP contribution >= 0.6 is 11.3 Å². The minimum Gasteiger partial charge on any atom is -0.481 e. The summed E-state index contributed by atoms with van der Waals surface area (Å²) < 4.78 is 5.01. The molecule has 0 fully saturated rings. The van der Waals surface area contributed by atoms with Crippen LogP contribution in [0.3, 0.4) is 0 Å². The van der Waals surface area contributed by atoms with Gasteiger partial charge in [-0.3, -0.25) is 4.79 Å². The molecule has 20 heavy (non-hydrogen) atoms. The maximum absolute atomic E-state index is 12.0. The lowest BCUT2D eigenvalue weighted by atomic mass is 10.2. The first-order valence-electron chi connectivity index (χ1n) is 6.24. The Balaban J connectivity index is 2.47. The Labute approximate surface area is 122 Å². The molecular formula is C13H20N2O4S. The summed E-state index contributed by atoms with van der Waals surface area (Å²) in [6.45, 7) is 2.11. The van der Waals surface area contributed by atoms with Gasteiger partial charge >= 0.3 is 12.0 Å². The quantitative estimate of drug-likeness (QED) is 0.806. The van der Waals surface area contributed by atoms with Gasteiger partial charge in [0.2, 0.25) is 0 Å². The second kappa shape index (κ2) is 7.86. The maximum atomic E-state index is 12.0. The highest BCUT2D eigenvalue weighted by Gasteiger charge is 2.19. The van der Waals surface area contributed by atoms with Crippen molar-refractivity contribution in [2.45, 2.75) is 25.5 Å². The molecule has 0 spiro atoms. The molecule has 112 valence electrons. The Bertz CT molecular complexity index is 436. The maximum Gasteiger partial charge on any atom is 0.317 e. The van der Waals surface area contributed by atoms with E-state index in [9.17, 15) is 9.59 Å². The van der Waals surface area contributed by atoms with E-state index >= 15 is 0 Å². The molecule has 7 heteroatoms. The van der Waals surface area contributed by atoms with Gasteiger partial charge in [-0.2, -0.15) is 0 Å². The monoisotopic (exact) mass is 300 g/mol. The Morgan fingerprint density at radius 2 is 2.25 bits per heavy atom. The van der Waals surface area contributed by atoms with Crippen LogP contribution in [0.25, 0.3) is 0 Å². The molecule has 2 amide bonds. The largest absolute Gasteiger partial charge is 0.481 e. The number of carboxylic acid groups (broad SMARTS) is 1. The zero-order chi connectivity index (χ0) is 15.1. The standard InChI is InChI=1S/C13H20N2O4S/c1-9(11-5-4-6-20-11)15(2)13(18)14-8-10(19-3)7-12(16)17/h4-6,9-10H,7-8H2,1-3H3,(H,14,18)(H,16,17). The van der Waals surface area contributed by atoms with Gasteiger partial charge in [-0.15, -0.1) is 11.3 Å². The molecule has 0 aliphatic heterocycles. The fourth-order valence-electron chi connectivity index (χ4n) is 1.66. The third-order valence-corrected chi connectivity index (χ3v) is 4.12. The van der Waals surface area contributed by atoms with Crippen molar-refractivity contribution < 1.29 is 19.4 Å². The van der Waals surface area contributed by atoms with E-state index in [0.29, 0.717) is 0 Å². The minimum absolute atomic E-state index is 0.0320. The summed E-state index contributed by atoms with van der Waals surface area (Å²) in [6.07, 6.45) is -0.664. The van der Waals surface area contributed by atoms with Gasteiger partial charge in [-0.25, -0.2) is 4.79 Å². The fraction of sp³-hybridized carbons (Fsp3) is 0.538. The second-order valence-corrected chi connectivity index (χ2v) is 5.42. The predicted octanol–water partition coefficient (Wildman–Crippen LogP) is 1.94. The van der Waals surface area contributed by atoms with Crippen LogP contribution in [-0.4, -0.2) is 48.8 Å². The van der Waals surface area contributed by atoms with E-state index < -0.39 is 12.1 Å². The van der Waals surface area contributed by atoms with Crippen molar-refractivity contribution in [2.75, 3.05) is 20.7 Å². The fourth-order valence-corrected chi connectivity index (χ4v) is 2.48. The van der Waals surface area contributed by atoms with Crippen molar-refractivity contribution in [1.82, 2.24) is 10.2 Å². The summed E-state index contributed by atoms with van der Waals surface area (Å²) in [5.41, 5.74) is 0. The molecule has 2 atom stereocenters. The van der Waals surface area contributed by atoms with E-state index in [1.54, 1.807) is 23.3 Å². The van der Waals surface area contributed by atoms with Crippen LogP contribution < -0.4 is 5.32 Å². The summed E-state index contributed by atoms with van der Waals surface area (Å²) >= 11 is 1.59. The molecular weight excluding hydrogens is 280 g/mol. The van der Waals surface area contributed by atoms with Gasteiger partial charge in [0.25, 0.3) is 0 Å². The number of hydrogen-bond donors (Lipinski definition) is 2. The van der Waals surface area contributed by atoms with E-state index in [2.05, 4.69) is 5.32 Å². The van der Waals surface area contributed by atoms with Crippen LogP contribution in [0.1, 0.15) is 24.3 Å². The lowest BCUT2D eigenvalue weighted by Gasteiger charge is -2.25. The van der Waals surface area contributed by atoms with Crippen molar-refractivity contribution >= 4 is 23.3 Å². The summed E-state index contributed by atoms with van der Waals surface area (Å²) in [5, 5.41) is 13.3. The number of urea groups is 1. The average Bonchev–Trinajstić information content (AvgIpc) is 2.94. The van der Waals surface area contributed by atoms with Gasteiger partial charge in [0.05, 0.1) is 18.6 Å². The van der Waals surface area contributed by atoms with Crippen LogP contribution in [0.2, 0.25) is 0 Å². The molecule has 2 N–H and O–H groups in total. The van der Waals surface area contributed by atoms with Crippen LogP contribution in [-0.2, 0) is 9.53 Å². The Hall–Kier alpha value is -1.60. The lowest BCUT2D eigenvalue weighted by Crippen LogP contribution is -2.42. The third-order valence-electron chi connectivity index (χ3n) is 3.07. The first kappa shape index (κ1) is 16.5. The highest BCUT2D eigenvalue weighted by atomic mass is 32.1. The molecule has 1 heterocycles. The minimum atomic E-state index is -0.952. The Morgan fingerprint density at radius 3 is 2.75 bits per heavy atom. The molecule has 0 aliphatic carbocycles. The topological polar surface area (TPSA) is 78.9 Å². The van der Waals surface area contributed by atoms with Gasteiger partial charge in [0, 0.05) is 25.6 Å². The SMILES string of the molecule is COC(CNC(=O)N(C)C(C)c1cccs1)CC(=O)O. The van der Waals surface area contributed by atoms with E-state index in [4.69, 9.17) is 9.84 Å². The summed E-state index contributed by atoms with van der Waals surface area (Å²) in [4.78, 5) is 25.3. The smallest absolute Gasteiger partial charge is 0.317 e. The average molecular weight is 300 g/mol. The number of carboxylic acids is 1. The number of hydrogen-bond acceptors (Lipinski definition) is 4. The first-order chi connectivity index (χ1) is 9.45. The summed E-state index contributed by atoms with van der Waals surface area (Å²) in [6, 6.07) is 3.63. The number of nitrogens with zero attached hydrogens (tertiary/aromatic N) is 1. The number of aliphatic carboxylic acids is 1.